The standard InChI is InChI=1S/C2H2N5.Cs/c3-1-2-4-6-7-5-2;/h6H,(H-,4,5,7);/q2*+1. The second kappa shape index (κ2) is 4.49. The van der Waals surface area contributed by atoms with Gasteiger partial charge in [-0.1, -0.05) is 5.21 Å². The molecule has 0 atom stereocenters. The van der Waals surface area contributed by atoms with Crippen molar-refractivity contribution in [3.63, 3.8) is 0 Å². The van der Waals surface area contributed by atoms with Crippen molar-refractivity contribution in [1.29, 1.82) is 5.26 Å². The third-order valence-electron chi connectivity index (χ3n) is 0.474. The van der Waals surface area contributed by atoms with Gasteiger partial charge in [-0.2, -0.15) is 5.26 Å². The number of hydrogen-bond donors (Lipinski definition) is 0. The average molecular weight is 229 g/mol. The number of H-pyrrole nitrogens is 2. The van der Waals surface area contributed by atoms with Gasteiger partial charge in [0.2, 0.25) is 0 Å². The molecule has 0 saturated heterocycles. The molecule has 1 aromatic rings. The van der Waals surface area contributed by atoms with Crippen LogP contribution in [0.3, 0.4) is 0 Å². The van der Waals surface area contributed by atoms with E-state index in [4.69, 9.17) is 5.26 Å². The number of nitrogens with one attached hydrogen (secondary N) is 2. The van der Waals surface area contributed by atoms with Crippen LogP contribution in [0, 0.1) is 11.3 Å². The Balaban J connectivity index is 0.000000490. The second-order valence-corrected chi connectivity index (χ2v) is 0.883. The molecule has 8 heavy (non-hydrogen) atoms. The molecule has 2 N–H and O–H groups in total. The average Bonchev–Trinajstić information content (AvgIpc) is 2.14. The van der Waals surface area contributed by atoms with Crippen LogP contribution in [0.5, 0.6) is 0 Å². The van der Waals surface area contributed by atoms with Crippen molar-refractivity contribution in [1.82, 2.24) is 10.2 Å². The van der Waals surface area contributed by atoms with Gasteiger partial charge in [-0.25, -0.2) is 0 Å². The molecule has 1 aromatic heterocycles. The number of nitriles is 1. The van der Waals surface area contributed by atoms with Crippen LogP contribution in [0.2, 0.25) is 0 Å². The van der Waals surface area contributed by atoms with Crippen LogP contribution >= 0.6 is 0 Å². The zero-order valence-electron chi connectivity index (χ0n) is 4.34. The number of rotatable bonds is 0. The minimum absolute atomic E-state index is 0. The van der Waals surface area contributed by atoms with Crippen LogP contribution in [-0.4, -0.2) is 5.10 Å². The molecule has 0 spiro atoms. The summed E-state index contributed by atoms with van der Waals surface area (Å²) in [6, 6.07) is 1.72. The van der Waals surface area contributed by atoms with Gasteiger partial charge in [0.15, 0.2) is 0 Å². The molecule has 0 bridgehead atoms. The van der Waals surface area contributed by atoms with E-state index in [0.717, 1.165) is 0 Å². The molecule has 34 valence electrons. The maximum Gasteiger partial charge on any atom is 1.00 e. The van der Waals surface area contributed by atoms with Gasteiger partial charge in [0, 0.05) is 0 Å². The van der Waals surface area contributed by atoms with Crippen molar-refractivity contribution in [2.24, 2.45) is 0 Å². The third-order valence-corrected chi connectivity index (χ3v) is 0.474. The van der Waals surface area contributed by atoms with Crippen LogP contribution in [-0.2, 0) is 0 Å². The third kappa shape index (κ3) is 2.25. The fraction of sp³-hybridized carbons (Fsp3) is 0. The van der Waals surface area contributed by atoms with Gasteiger partial charge < -0.3 is 0 Å². The maximum absolute atomic E-state index is 8.01. The predicted molar refractivity (Wildman–Crippen MR) is 15.4 cm³/mol. The van der Waals surface area contributed by atoms with Crippen LogP contribution in [0.25, 0.3) is 0 Å². The Morgan fingerprint density at radius 2 is 2.50 bits per heavy atom. The minimum Gasteiger partial charge on any atom is -0.189 e. The van der Waals surface area contributed by atoms with Gasteiger partial charge in [0.05, 0.1) is 0 Å². The van der Waals surface area contributed by atoms with E-state index in [-0.39, 0.29) is 74.7 Å². The predicted octanol–water partition coefficient (Wildman–Crippen LogP) is -5.46. The summed E-state index contributed by atoms with van der Waals surface area (Å²) in [5.41, 5.74) is 0. The van der Waals surface area contributed by atoms with Crippen molar-refractivity contribution >= 4 is 0 Å². The Morgan fingerprint density at radius 3 is 2.75 bits per heavy atom. The summed E-state index contributed by atoms with van der Waals surface area (Å²) in [7, 11) is 0. The molecular weight excluding hydrogens is 227 g/mol. The fourth-order valence-corrected chi connectivity index (χ4v) is 0.231. The Hall–Kier alpha value is 0.612. The van der Waals surface area contributed by atoms with Gasteiger partial charge >= 0.3 is 68.9 Å². The molecule has 0 aromatic carbocycles. The molecular formula is C2H2CsN5+2. The van der Waals surface area contributed by atoms with Crippen LogP contribution in [0.1, 0.15) is 5.82 Å². The van der Waals surface area contributed by atoms with Gasteiger partial charge in [0.25, 0.3) is 5.82 Å². The molecule has 1 rings (SSSR count). The van der Waals surface area contributed by atoms with E-state index in [1.54, 1.807) is 6.07 Å². The zero-order valence-corrected chi connectivity index (χ0v) is 10.6. The molecule has 0 aliphatic heterocycles. The molecule has 0 aliphatic carbocycles. The number of tetrazole rings is 1. The van der Waals surface area contributed by atoms with E-state index in [1.165, 1.54) is 0 Å². The first-order valence-corrected chi connectivity index (χ1v) is 1.62. The van der Waals surface area contributed by atoms with Crippen LogP contribution in [0.4, 0.5) is 0 Å². The molecule has 0 aliphatic rings. The topological polar surface area (TPSA) is 79.1 Å². The van der Waals surface area contributed by atoms with Crippen LogP contribution < -0.4 is 84.4 Å². The van der Waals surface area contributed by atoms with Gasteiger partial charge in [-0.3, -0.25) is 0 Å². The monoisotopic (exact) mass is 229 g/mol. The first kappa shape index (κ1) is 8.61. The van der Waals surface area contributed by atoms with Gasteiger partial charge in [-0.05, 0) is 5.10 Å². The largest absolute Gasteiger partial charge is 1.00 e. The van der Waals surface area contributed by atoms with Crippen molar-refractivity contribution in [2.75, 3.05) is 0 Å². The summed E-state index contributed by atoms with van der Waals surface area (Å²) in [5, 5.41) is 19.3. The molecule has 1 heterocycles. The molecule has 0 amide bonds. The molecule has 0 unspecified atom stereocenters. The van der Waals surface area contributed by atoms with E-state index in [0.29, 0.717) is 0 Å². The Kier molecular flexibility index (Phi) is 4.83. The van der Waals surface area contributed by atoms with Crippen molar-refractivity contribution in [3.05, 3.63) is 5.82 Å². The van der Waals surface area contributed by atoms with Crippen LogP contribution in [0.15, 0.2) is 0 Å². The molecule has 5 nitrogen and oxygen atoms in total. The van der Waals surface area contributed by atoms with Gasteiger partial charge in [0.1, 0.15) is 6.07 Å². The quantitative estimate of drug-likeness (QED) is 0.445. The van der Waals surface area contributed by atoms with Crippen molar-refractivity contribution in [2.45, 2.75) is 0 Å². The Labute approximate surface area is 104 Å². The summed E-state index contributed by atoms with van der Waals surface area (Å²) in [5.74, 6) is 0.125. The second-order valence-electron chi connectivity index (χ2n) is 0.883. The summed E-state index contributed by atoms with van der Waals surface area (Å²) >= 11 is 0. The normalized spacial score (nSPS) is 6.88. The van der Waals surface area contributed by atoms with E-state index in [9.17, 15) is 0 Å². The van der Waals surface area contributed by atoms with E-state index in [2.05, 4.69) is 20.6 Å². The first-order valence-electron chi connectivity index (χ1n) is 1.62. The summed E-state index contributed by atoms with van der Waals surface area (Å²) in [6.07, 6.45) is 0. The van der Waals surface area contributed by atoms with E-state index >= 15 is 0 Å². The molecule has 0 radical (unpaired) electrons. The number of aromatic amines is 2. The first-order chi connectivity index (χ1) is 3.43. The van der Waals surface area contributed by atoms with Gasteiger partial charge in [-0.15, -0.1) is 10.3 Å². The van der Waals surface area contributed by atoms with Crippen molar-refractivity contribution < 1.29 is 79.3 Å². The Bertz CT molecular complexity index is 173. The summed E-state index contributed by atoms with van der Waals surface area (Å²) < 4.78 is 0. The summed E-state index contributed by atoms with van der Waals surface area (Å²) in [4.78, 5) is 0. The maximum atomic E-state index is 8.01. The zero-order chi connectivity index (χ0) is 5.11. The van der Waals surface area contributed by atoms with Crippen molar-refractivity contribution in [3.8, 4) is 6.07 Å². The van der Waals surface area contributed by atoms with E-state index in [1.807, 2.05) is 0 Å². The number of hydrogen-bond acceptors (Lipinski definition) is 2. The van der Waals surface area contributed by atoms with E-state index < -0.39 is 0 Å². The number of nitrogens with zero attached hydrogens (tertiary/aromatic N) is 3. The number of aromatic nitrogens is 4. The smallest absolute Gasteiger partial charge is 0.189 e. The molecule has 0 fully saturated rings. The Morgan fingerprint density at radius 1 is 1.75 bits per heavy atom. The summed E-state index contributed by atoms with van der Waals surface area (Å²) in [6.45, 7) is 0. The SMILES string of the molecule is N#Cc1n[nH+][nH+][n-]1.[Cs+]. The minimum atomic E-state index is 0. The fourth-order valence-electron chi connectivity index (χ4n) is 0.231. The molecule has 0 saturated carbocycles. The molecule has 6 heteroatoms.